The van der Waals surface area contributed by atoms with Gasteiger partial charge in [-0.15, -0.1) is 0 Å². The summed E-state index contributed by atoms with van der Waals surface area (Å²) in [5, 5.41) is 17.4. The summed E-state index contributed by atoms with van der Waals surface area (Å²) in [7, 11) is 0. The van der Waals surface area contributed by atoms with Crippen molar-refractivity contribution >= 4 is 5.97 Å². The fourth-order valence-corrected chi connectivity index (χ4v) is 3.72. The molecule has 134 valence electrons. The van der Waals surface area contributed by atoms with Crippen LogP contribution in [-0.4, -0.2) is 31.9 Å². The van der Waals surface area contributed by atoms with E-state index in [0.717, 1.165) is 61.4 Å². The molecule has 0 amide bonds. The van der Waals surface area contributed by atoms with Gasteiger partial charge in [0.1, 0.15) is 0 Å². The Hall–Kier alpha value is -2.21. The minimum Gasteiger partial charge on any atom is -0.476 e. The molecule has 6 nitrogen and oxygen atoms in total. The lowest BCUT2D eigenvalue weighted by molar-refractivity contribution is 0.0688. The molecule has 0 saturated heterocycles. The smallest absolute Gasteiger partial charge is 0.356 e. The Labute approximate surface area is 148 Å². The van der Waals surface area contributed by atoms with Gasteiger partial charge in [0.2, 0.25) is 0 Å². The van der Waals surface area contributed by atoms with Crippen LogP contribution >= 0.6 is 0 Å². The van der Waals surface area contributed by atoms with Gasteiger partial charge in [-0.3, -0.25) is 9.67 Å². The number of aromatic nitrogens is 3. The van der Waals surface area contributed by atoms with Crippen LogP contribution in [0.2, 0.25) is 0 Å². The van der Waals surface area contributed by atoms with Crippen LogP contribution in [0.3, 0.4) is 0 Å². The van der Waals surface area contributed by atoms with E-state index in [4.69, 9.17) is 0 Å². The predicted molar refractivity (Wildman–Crippen MR) is 95.8 cm³/mol. The number of pyridine rings is 1. The van der Waals surface area contributed by atoms with Gasteiger partial charge >= 0.3 is 5.97 Å². The van der Waals surface area contributed by atoms with Gasteiger partial charge in [-0.25, -0.2) is 4.79 Å². The number of rotatable bonds is 6. The number of aromatic carboxylic acids is 1. The Bertz CT molecular complexity index is 762. The van der Waals surface area contributed by atoms with E-state index in [9.17, 15) is 9.90 Å². The SMILES string of the molecule is CCCn1nc(C(=O)O)c2c1CC[C@H](NCc1cc(C)nc(C)c1)C2. The van der Waals surface area contributed by atoms with Gasteiger partial charge < -0.3 is 10.4 Å². The Morgan fingerprint density at radius 1 is 1.36 bits per heavy atom. The Morgan fingerprint density at radius 2 is 2.08 bits per heavy atom. The summed E-state index contributed by atoms with van der Waals surface area (Å²) in [5.41, 5.74) is 5.51. The largest absolute Gasteiger partial charge is 0.476 e. The average Bonchev–Trinajstić information content (AvgIpc) is 2.91. The minimum absolute atomic E-state index is 0.227. The second-order valence-corrected chi connectivity index (χ2v) is 6.88. The van der Waals surface area contributed by atoms with Crippen molar-refractivity contribution in [1.29, 1.82) is 0 Å². The van der Waals surface area contributed by atoms with Crippen molar-refractivity contribution in [2.24, 2.45) is 0 Å². The van der Waals surface area contributed by atoms with Crippen molar-refractivity contribution in [3.63, 3.8) is 0 Å². The number of carboxylic acids is 1. The molecule has 0 aromatic carbocycles. The molecule has 2 aromatic rings. The second-order valence-electron chi connectivity index (χ2n) is 6.88. The van der Waals surface area contributed by atoms with Gasteiger partial charge in [-0.05, 0) is 57.2 Å². The second kappa shape index (κ2) is 7.35. The first-order valence-corrected chi connectivity index (χ1v) is 8.97. The van der Waals surface area contributed by atoms with Crippen LogP contribution in [0.1, 0.15) is 58.5 Å². The molecule has 2 heterocycles. The van der Waals surface area contributed by atoms with E-state index in [1.807, 2.05) is 18.5 Å². The quantitative estimate of drug-likeness (QED) is 0.843. The van der Waals surface area contributed by atoms with E-state index < -0.39 is 5.97 Å². The van der Waals surface area contributed by atoms with E-state index in [1.165, 1.54) is 5.56 Å². The highest BCUT2D eigenvalue weighted by atomic mass is 16.4. The number of fused-ring (bicyclic) bond motifs is 1. The van der Waals surface area contributed by atoms with Gasteiger partial charge in [0.25, 0.3) is 0 Å². The molecule has 3 rings (SSSR count). The maximum Gasteiger partial charge on any atom is 0.356 e. The van der Waals surface area contributed by atoms with E-state index in [-0.39, 0.29) is 11.7 Å². The van der Waals surface area contributed by atoms with Crippen LogP contribution in [0.5, 0.6) is 0 Å². The molecular weight excluding hydrogens is 316 g/mol. The first kappa shape index (κ1) is 17.6. The van der Waals surface area contributed by atoms with Crippen molar-refractivity contribution in [3.8, 4) is 0 Å². The van der Waals surface area contributed by atoms with Crippen molar-refractivity contribution in [3.05, 3.63) is 46.0 Å². The monoisotopic (exact) mass is 342 g/mol. The molecule has 0 fully saturated rings. The molecule has 1 aliphatic carbocycles. The minimum atomic E-state index is -0.924. The fraction of sp³-hybridized carbons (Fsp3) is 0.526. The summed E-state index contributed by atoms with van der Waals surface area (Å²) >= 11 is 0. The molecule has 1 atom stereocenters. The Balaban J connectivity index is 1.73. The molecule has 0 radical (unpaired) electrons. The van der Waals surface area contributed by atoms with Crippen LogP contribution in [0.15, 0.2) is 12.1 Å². The third-order valence-corrected chi connectivity index (χ3v) is 4.72. The topological polar surface area (TPSA) is 80.0 Å². The zero-order valence-electron chi connectivity index (χ0n) is 15.2. The number of nitrogens with one attached hydrogen (secondary N) is 1. The number of hydrogen-bond donors (Lipinski definition) is 2. The number of nitrogens with zero attached hydrogens (tertiary/aromatic N) is 3. The van der Waals surface area contributed by atoms with Crippen molar-refractivity contribution < 1.29 is 9.90 Å². The zero-order valence-corrected chi connectivity index (χ0v) is 15.2. The standard InChI is InChI=1S/C19H26N4O2/c1-4-7-23-17-6-5-15(10-16(17)18(22-23)19(24)25)20-11-14-8-12(2)21-13(3)9-14/h8-9,15,20H,4-7,10-11H2,1-3H3,(H,24,25)/t15-/m0/s1. The van der Waals surface area contributed by atoms with Crippen molar-refractivity contribution in [2.45, 2.75) is 65.6 Å². The highest BCUT2D eigenvalue weighted by Gasteiger charge is 2.28. The van der Waals surface area contributed by atoms with Crippen LogP contribution < -0.4 is 5.32 Å². The molecule has 0 aliphatic heterocycles. The maximum absolute atomic E-state index is 11.5. The first-order chi connectivity index (χ1) is 12.0. The molecule has 2 N–H and O–H groups in total. The lowest BCUT2D eigenvalue weighted by Gasteiger charge is -2.24. The molecule has 2 aromatic heterocycles. The number of carbonyl (C=O) groups is 1. The maximum atomic E-state index is 11.5. The van der Waals surface area contributed by atoms with Gasteiger partial charge in [0.05, 0.1) is 0 Å². The molecular formula is C19H26N4O2. The van der Waals surface area contributed by atoms with Crippen molar-refractivity contribution in [1.82, 2.24) is 20.1 Å². The van der Waals surface area contributed by atoms with Gasteiger partial charge in [0.15, 0.2) is 5.69 Å². The average molecular weight is 342 g/mol. The van der Waals surface area contributed by atoms with E-state index >= 15 is 0 Å². The summed E-state index contributed by atoms with van der Waals surface area (Å²) in [6, 6.07) is 4.46. The summed E-state index contributed by atoms with van der Waals surface area (Å²) in [5.74, 6) is -0.924. The third-order valence-electron chi connectivity index (χ3n) is 4.72. The third kappa shape index (κ3) is 3.90. The van der Waals surface area contributed by atoms with E-state index in [0.29, 0.717) is 0 Å². The first-order valence-electron chi connectivity index (χ1n) is 8.97. The molecule has 0 saturated carbocycles. The van der Waals surface area contributed by atoms with Crippen LogP contribution in [0, 0.1) is 13.8 Å². The van der Waals surface area contributed by atoms with Crippen molar-refractivity contribution in [2.75, 3.05) is 0 Å². The molecule has 0 spiro atoms. The number of carboxylic acid groups (broad SMARTS) is 1. The molecule has 6 heteroatoms. The van der Waals surface area contributed by atoms with Gasteiger partial charge in [0, 0.05) is 41.8 Å². The molecule has 0 bridgehead atoms. The molecule has 0 unspecified atom stereocenters. The lowest BCUT2D eigenvalue weighted by Crippen LogP contribution is -2.34. The summed E-state index contributed by atoms with van der Waals surface area (Å²) < 4.78 is 1.89. The van der Waals surface area contributed by atoms with Crippen LogP contribution in [0.4, 0.5) is 0 Å². The van der Waals surface area contributed by atoms with E-state index in [1.54, 1.807) is 0 Å². The normalized spacial score (nSPS) is 16.7. The number of aryl methyl sites for hydroxylation is 3. The lowest BCUT2D eigenvalue weighted by atomic mass is 9.91. The summed E-state index contributed by atoms with van der Waals surface area (Å²) in [6.07, 6.45) is 3.56. The van der Waals surface area contributed by atoms with Gasteiger partial charge in [-0.1, -0.05) is 6.92 Å². The molecule has 1 aliphatic rings. The number of hydrogen-bond acceptors (Lipinski definition) is 4. The van der Waals surface area contributed by atoms with Crippen LogP contribution in [0.25, 0.3) is 0 Å². The van der Waals surface area contributed by atoms with Crippen LogP contribution in [-0.2, 0) is 25.9 Å². The highest BCUT2D eigenvalue weighted by Crippen LogP contribution is 2.25. The molecule has 25 heavy (non-hydrogen) atoms. The fourth-order valence-electron chi connectivity index (χ4n) is 3.72. The zero-order chi connectivity index (χ0) is 18.0. The van der Waals surface area contributed by atoms with Gasteiger partial charge in [-0.2, -0.15) is 5.10 Å². The highest BCUT2D eigenvalue weighted by molar-refractivity contribution is 5.87. The summed E-state index contributed by atoms with van der Waals surface area (Å²) in [4.78, 5) is 16.0. The predicted octanol–water partition coefficient (Wildman–Crippen LogP) is 2.65. The van der Waals surface area contributed by atoms with E-state index in [2.05, 4.69) is 34.5 Å². The summed E-state index contributed by atoms with van der Waals surface area (Å²) in [6.45, 7) is 7.65. The Morgan fingerprint density at radius 3 is 2.72 bits per heavy atom. The Kier molecular flexibility index (Phi) is 5.18.